The lowest BCUT2D eigenvalue weighted by atomic mass is 10.1. The Morgan fingerprint density at radius 1 is 1.03 bits per heavy atom. The highest BCUT2D eigenvalue weighted by atomic mass is 19.1. The molecule has 0 saturated heterocycles. The maximum Gasteiger partial charge on any atom is 0.339 e. The van der Waals surface area contributed by atoms with Gasteiger partial charge in [-0.1, -0.05) is 48.5 Å². The molecule has 0 aromatic heterocycles. The topological polar surface area (TPSA) is 66.8 Å². The van der Waals surface area contributed by atoms with Crippen LogP contribution >= 0.6 is 0 Å². The van der Waals surface area contributed by atoms with E-state index < -0.39 is 5.97 Å². The third-order valence-corrected chi connectivity index (χ3v) is 5.05. The van der Waals surface area contributed by atoms with E-state index in [9.17, 15) is 19.1 Å². The predicted octanol–water partition coefficient (Wildman–Crippen LogP) is 5.00. The molecule has 1 unspecified atom stereocenters. The van der Waals surface area contributed by atoms with Gasteiger partial charge < -0.3 is 14.7 Å². The number of carboxylic acid groups (broad SMARTS) is 1. The number of aromatic carboxylic acids is 1. The summed E-state index contributed by atoms with van der Waals surface area (Å²) in [6.45, 7) is 3.67. The van der Waals surface area contributed by atoms with E-state index >= 15 is 0 Å². The number of amides is 1. The van der Waals surface area contributed by atoms with Crippen LogP contribution in [0.4, 0.5) is 4.39 Å². The second-order valence-electron chi connectivity index (χ2n) is 7.33. The molecule has 3 aromatic carbocycles. The van der Waals surface area contributed by atoms with Gasteiger partial charge in [0.2, 0.25) is 0 Å². The molecule has 0 aliphatic rings. The molecule has 31 heavy (non-hydrogen) atoms. The van der Waals surface area contributed by atoms with Crippen molar-refractivity contribution in [3.05, 3.63) is 101 Å². The van der Waals surface area contributed by atoms with Gasteiger partial charge in [-0.3, -0.25) is 4.79 Å². The summed E-state index contributed by atoms with van der Waals surface area (Å²) in [6, 6.07) is 20.0. The van der Waals surface area contributed by atoms with Crippen molar-refractivity contribution >= 4 is 11.9 Å². The summed E-state index contributed by atoms with van der Waals surface area (Å²) in [7, 11) is 0. The number of hydrogen-bond donors (Lipinski definition) is 1. The molecule has 0 radical (unpaired) electrons. The van der Waals surface area contributed by atoms with Crippen LogP contribution in [0.25, 0.3) is 0 Å². The Hall–Kier alpha value is -3.67. The molecular formula is C25H24FNO4. The summed E-state index contributed by atoms with van der Waals surface area (Å²) in [5, 5.41) is 9.38. The molecule has 1 N–H and O–H groups in total. The van der Waals surface area contributed by atoms with Gasteiger partial charge in [0.1, 0.15) is 17.1 Å². The molecule has 0 bridgehead atoms. The first-order chi connectivity index (χ1) is 14.8. The molecule has 0 heterocycles. The van der Waals surface area contributed by atoms with Crippen LogP contribution in [0.15, 0.2) is 72.8 Å². The Labute approximate surface area is 180 Å². The van der Waals surface area contributed by atoms with Crippen LogP contribution in [0, 0.1) is 12.7 Å². The maximum atomic E-state index is 13.3. The molecule has 5 nitrogen and oxygen atoms in total. The fourth-order valence-corrected chi connectivity index (χ4v) is 3.29. The highest BCUT2D eigenvalue weighted by molar-refractivity contribution is 5.91. The standard InChI is InChI=1S/C25H24FNO4/c1-17-8-13-22(25(29)30)23(14-17)31-16-24(28)27(15-19-9-11-21(26)12-10-19)18(2)20-6-4-3-5-7-20/h3-14,18H,15-16H2,1-2H3,(H,29,30). The van der Waals surface area contributed by atoms with Crippen LogP contribution < -0.4 is 4.74 Å². The Morgan fingerprint density at radius 3 is 2.35 bits per heavy atom. The van der Waals surface area contributed by atoms with Crippen LogP contribution in [0.5, 0.6) is 5.75 Å². The fourth-order valence-electron chi connectivity index (χ4n) is 3.29. The molecule has 0 aliphatic heterocycles. The average molecular weight is 421 g/mol. The van der Waals surface area contributed by atoms with Gasteiger partial charge >= 0.3 is 5.97 Å². The molecule has 0 fully saturated rings. The van der Waals surface area contributed by atoms with E-state index in [0.717, 1.165) is 16.7 Å². The maximum absolute atomic E-state index is 13.3. The molecule has 3 rings (SSSR count). The van der Waals surface area contributed by atoms with Crippen molar-refractivity contribution in [1.29, 1.82) is 0 Å². The van der Waals surface area contributed by atoms with E-state index in [0.29, 0.717) is 0 Å². The minimum Gasteiger partial charge on any atom is -0.483 e. The third kappa shape index (κ3) is 5.69. The Kier molecular flexibility index (Phi) is 7.03. The molecule has 0 saturated carbocycles. The first-order valence-electron chi connectivity index (χ1n) is 9.90. The average Bonchev–Trinajstić information content (AvgIpc) is 2.77. The third-order valence-electron chi connectivity index (χ3n) is 5.05. The predicted molar refractivity (Wildman–Crippen MR) is 115 cm³/mol. The number of nitrogens with zero attached hydrogens (tertiary/aromatic N) is 1. The zero-order chi connectivity index (χ0) is 22.4. The van der Waals surface area contributed by atoms with Crippen LogP contribution in [0.1, 0.15) is 40.0 Å². The minimum absolute atomic E-state index is 0.000377. The first-order valence-corrected chi connectivity index (χ1v) is 9.90. The number of rotatable bonds is 8. The van der Waals surface area contributed by atoms with Gasteiger partial charge in [0.25, 0.3) is 5.91 Å². The number of ether oxygens (including phenoxy) is 1. The number of benzene rings is 3. The molecule has 0 aliphatic carbocycles. The normalized spacial score (nSPS) is 11.6. The van der Waals surface area contributed by atoms with E-state index in [-0.39, 0.29) is 42.2 Å². The highest BCUT2D eigenvalue weighted by Gasteiger charge is 2.23. The zero-order valence-corrected chi connectivity index (χ0v) is 17.4. The van der Waals surface area contributed by atoms with E-state index in [1.54, 1.807) is 29.2 Å². The SMILES string of the molecule is Cc1ccc(C(=O)O)c(OCC(=O)N(Cc2ccc(F)cc2)C(C)c2ccccc2)c1. The monoisotopic (exact) mass is 421 g/mol. The zero-order valence-electron chi connectivity index (χ0n) is 17.4. The number of halogens is 1. The Balaban J connectivity index is 1.83. The lowest BCUT2D eigenvalue weighted by molar-refractivity contribution is -0.136. The lowest BCUT2D eigenvalue weighted by Crippen LogP contribution is -2.36. The Morgan fingerprint density at radius 2 is 1.71 bits per heavy atom. The molecule has 3 aromatic rings. The van der Waals surface area contributed by atoms with Crippen LogP contribution in [0.2, 0.25) is 0 Å². The summed E-state index contributed by atoms with van der Waals surface area (Å²) in [5.41, 5.74) is 2.55. The van der Waals surface area contributed by atoms with Gasteiger partial charge in [-0.05, 0) is 54.8 Å². The molecule has 0 spiro atoms. The van der Waals surface area contributed by atoms with Crippen molar-refractivity contribution in [3.8, 4) is 5.75 Å². The summed E-state index contributed by atoms with van der Waals surface area (Å²) >= 11 is 0. The molecule has 1 amide bonds. The van der Waals surface area contributed by atoms with E-state index in [2.05, 4.69) is 0 Å². The minimum atomic E-state index is -1.12. The number of carboxylic acids is 1. The van der Waals surface area contributed by atoms with Crippen molar-refractivity contribution in [2.24, 2.45) is 0 Å². The van der Waals surface area contributed by atoms with Crippen LogP contribution in [-0.4, -0.2) is 28.5 Å². The van der Waals surface area contributed by atoms with Crippen molar-refractivity contribution in [2.75, 3.05) is 6.61 Å². The fraction of sp³-hybridized carbons (Fsp3) is 0.200. The van der Waals surface area contributed by atoms with Crippen LogP contribution in [0.3, 0.4) is 0 Å². The smallest absolute Gasteiger partial charge is 0.339 e. The van der Waals surface area contributed by atoms with Crippen molar-refractivity contribution in [1.82, 2.24) is 4.90 Å². The number of carbonyl (C=O) groups is 2. The summed E-state index contributed by atoms with van der Waals surface area (Å²) < 4.78 is 18.9. The van der Waals surface area contributed by atoms with Crippen molar-refractivity contribution in [3.63, 3.8) is 0 Å². The van der Waals surface area contributed by atoms with Crippen molar-refractivity contribution in [2.45, 2.75) is 26.4 Å². The first kappa shape index (κ1) is 22.0. The summed E-state index contributed by atoms with van der Waals surface area (Å²) in [4.78, 5) is 26.3. The van der Waals surface area contributed by atoms with Crippen molar-refractivity contribution < 1.29 is 23.8 Å². The van der Waals surface area contributed by atoms with E-state index in [4.69, 9.17) is 4.74 Å². The second kappa shape index (κ2) is 9.89. The Bertz CT molecular complexity index is 1050. The van der Waals surface area contributed by atoms with Gasteiger partial charge in [-0.25, -0.2) is 9.18 Å². The number of carbonyl (C=O) groups excluding carboxylic acids is 1. The molecule has 6 heteroatoms. The van der Waals surface area contributed by atoms with Gasteiger partial charge in [0.05, 0.1) is 6.04 Å². The molecule has 1 atom stereocenters. The van der Waals surface area contributed by atoms with Crippen LogP contribution in [-0.2, 0) is 11.3 Å². The highest BCUT2D eigenvalue weighted by Crippen LogP contribution is 2.24. The second-order valence-corrected chi connectivity index (χ2v) is 7.33. The van der Waals surface area contributed by atoms with Gasteiger partial charge in [-0.15, -0.1) is 0 Å². The number of aryl methyl sites for hydroxylation is 1. The van der Waals surface area contributed by atoms with Gasteiger partial charge in [0, 0.05) is 6.54 Å². The summed E-state index contributed by atoms with van der Waals surface area (Å²) in [6.07, 6.45) is 0. The van der Waals surface area contributed by atoms with Gasteiger partial charge in [-0.2, -0.15) is 0 Å². The van der Waals surface area contributed by atoms with E-state index in [1.807, 2.05) is 44.2 Å². The van der Waals surface area contributed by atoms with Gasteiger partial charge in [0.15, 0.2) is 6.61 Å². The number of hydrogen-bond acceptors (Lipinski definition) is 3. The summed E-state index contributed by atoms with van der Waals surface area (Å²) in [5.74, 6) is -1.63. The largest absolute Gasteiger partial charge is 0.483 e. The lowest BCUT2D eigenvalue weighted by Gasteiger charge is -2.30. The molecular weight excluding hydrogens is 397 g/mol. The quantitative estimate of drug-likeness (QED) is 0.556. The van der Waals surface area contributed by atoms with E-state index in [1.165, 1.54) is 18.2 Å². The molecule has 160 valence electrons.